The van der Waals surface area contributed by atoms with Gasteiger partial charge in [0, 0.05) is 19.3 Å². The van der Waals surface area contributed by atoms with Gasteiger partial charge in [0.05, 0.1) is 6.61 Å². The molecule has 0 aromatic carbocycles. The zero-order valence-corrected chi connectivity index (χ0v) is 12.1. The van der Waals surface area contributed by atoms with Crippen LogP contribution in [0.25, 0.3) is 0 Å². The fraction of sp³-hybridized carbons (Fsp3) is 0.615. The predicted molar refractivity (Wildman–Crippen MR) is 70.8 cm³/mol. The lowest BCUT2D eigenvalue weighted by Gasteiger charge is -2.22. The predicted octanol–water partition coefficient (Wildman–Crippen LogP) is 1.49. The van der Waals surface area contributed by atoms with Crippen LogP contribution >= 0.6 is 0 Å². The lowest BCUT2D eigenvalue weighted by Crippen LogP contribution is -2.41. The summed E-state index contributed by atoms with van der Waals surface area (Å²) in [5.41, 5.74) is 0.326. The first-order valence-electron chi connectivity index (χ1n) is 6.37. The molecule has 1 amide bonds. The Kier molecular flexibility index (Phi) is 5.09. The normalized spacial score (nSPS) is 12.3. The number of rotatable bonds is 5. The average molecular weight is 267 g/mol. The van der Waals surface area contributed by atoms with Crippen LogP contribution in [-0.4, -0.2) is 46.3 Å². The summed E-state index contributed by atoms with van der Waals surface area (Å²) in [6.45, 7) is 7.62. The maximum atomic E-state index is 12.2. The van der Waals surface area contributed by atoms with Gasteiger partial charge in [-0.3, -0.25) is 9.48 Å². The first kappa shape index (κ1) is 15.2. The number of aromatic nitrogens is 2. The average Bonchev–Trinajstić information content (AvgIpc) is 2.86. The molecule has 0 N–H and O–H groups in total. The molecule has 1 rings (SSSR count). The molecule has 0 saturated heterocycles. The van der Waals surface area contributed by atoms with Crippen LogP contribution in [0, 0.1) is 0 Å². The molecule has 1 aromatic rings. The Balaban J connectivity index is 2.78. The Morgan fingerprint density at radius 3 is 2.53 bits per heavy atom. The standard InChI is InChI=1S/C13H21N3O3/c1-6-19-13(18)10(4)15(5)12(17)11-7-8-16(14-11)9(2)3/h7-10H,6H2,1-5H3/t10-/m0/s1. The Morgan fingerprint density at radius 2 is 2.05 bits per heavy atom. The third-order valence-electron chi connectivity index (χ3n) is 2.89. The second-order valence-electron chi connectivity index (χ2n) is 4.62. The fourth-order valence-electron chi connectivity index (χ4n) is 1.52. The van der Waals surface area contributed by atoms with Gasteiger partial charge in [-0.2, -0.15) is 5.10 Å². The Hall–Kier alpha value is -1.85. The third kappa shape index (κ3) is 3.56. The summed E-state index contributed by atoms with van der Waals surface area (Å²) in [5, 5.41) is 4.19. The Labute approximate surface area is 113 Å². The van der Waals surface area contributed by atoms with Gasteiger partial charge < -0.3 is 9.64 Å². The Morgan fingerprint density at radius 1 is 1.42 bits per heavy atom. The number of esters is 1. The molecule has 0 aliphatic heterocycles. The molecule has 106 valence electrons. The number of likely N-dealkylation sites (N-methyl/N-ethyl adjacent to an activating group) is 1. The lowest BCUT2D eigenvalue weighted by atomic mass is 10.2. The van der Waals surface area contributed by atoms with Gasteiger partial charge in [-0.25, -0.2) is 4.79 Å². The van der Waals surface area contributed by atoms with Crippen molar-refractivity contribution in [3.8, 4) is 0 Å². The number of ether oxygens (including phenoxy) is 1. The number of carbonyl (C=O) groups is 2. The van der Waals surface area contributed by atoms with E-state index in [-0.39, 0.29) is 11.9 Å². The van der Waals surface area contributed by atoms with Crippen LogP contribution < -0.4 is 0 Å². The first-order valence-corrected chi connectivity index (χ1v) is 6.37. The van der Waals surface area contributed by atoms with Gasteiger partial charge in [0.25, 0.3) is 5.91 Å². The van der Waals surface area contributed by atoms with Gasteiger partial charge in [-0.1, -0.05) is 0 Å². The minimum atomic E-state index is -0.628. The molecule has 1 atom stereocenters. The third-order valence-corrected chi connectivity index (χ3v) is 2.89. The summed E-state index contributed by atoms with van der Waals surface area (Å²) in [7, 11) is 1.57. The number of hydrogen-bond donors (Lipinski definition) is 0. The molecular weight excluding hydrogens is 246 g/mol. The summed E-state index contributed by atoms with van der Waals surface area (Å²) >= 11 is 0. The molecule has 0 fully saturated rings. The van der Waals surface area contributed by atoms with Crippen molar-refractivity contribution in [2.24, 2.45) is 0 Å². The highest BCUT2D eigenvalue weighted by molar-refractivity contribution is 5.94. The SMILES string of the molecule is CCOC(=O)[C@H](C)N(C)C(=O)c1ccn(C(C)C)n1. The van der Waals surface area contributed by atoms with Crippen molar-refractivity contribution in [2.45, 2.75) is 39.8 Å². The topological polar surface area (TPSA) is 64.4 Å². The van der Waals surface area contributed by atoms with Gasteiger partial charge in [-0.05, 0) is 33.8 Å². The van der Waals surface area contributed by atoms with E-state index in [1.165, 1.54) is 4.90 Å². The van der Waals surface area contributed by atoms with Gasteiger partial charge in [-0.15, -0.1) is 0 Å². The number of nitrogens with zero attached hydrogens (tertiary/aromatic N) is 3. The van der Waals surface area contributed by atoms with Crippen molar-refractivity contribution < 1.29 is 14.3 Å². The van der Waals surface area contributed by atoms with Crippen molar-refractivity contribution in [1.82, 2.24) is 14.7 Å². The monoisotopic (exact) mass is 267 g/mol. The van der Waals surface area contributed by atoms with E-state index in [0.29, 0.717) is 12.3 Å². The highest BCUT2D eigenvalue weighted by atomic mass is 16.5. The molecule has 0 unspecified atom stereocenters. The molecule has 6 nitrogen and oxygen atoms in total. The molecule has 1 heterocycles. The van der Waals surface area contributed by atoms with Gasteiger partial charge >= 0.3 is 5.97 Å². The minimum absolute atomic E-state index is 0.189. The van der Waals surface area contributed by atoms with Crippen LogP contribution in [0.3, 0.4) is 0 Å². The zero-order chi connectivity index (χ0) is 14.6. The van der Waals surface area contributed by atoms with E-state index in [9.17, 15) is 9.59 Å². The number of amides is 1. The highest BCUT2D eigenvalue weighted by Gasteiger charge is 2.25. The van der Waals surface area contributed by atoms with Crippen LogP contribution in [0.4, 0.5) is 0 Å². The molecule has 0 aliphatic rings. The minimum Gasteiger partial charge on any atom is -0.464 e. The van der Waals surface area contributed by atoms with E-state index in [0.717, 1.165) is 0 Å². The molecule has 0 spiro atoms. The maximum absolute atomic E-state index is 12.2. The highest BCUT2D eigenvalue weighted by Crippen LogP contribution is 2.09. The van der Waals surface area contributed by atoms with Crippen LogP contribution in [0.1, 0.15) is 44.2 Å². The number of hydrogen-bond acceptors (Lipinski definition) is 4. The maximum Gasteiger partial charge on any atom is 0.328 e. The number of carbonyl (C=O) groups excluding carboxylic acids is 2. The van der Waals surface area contributed by atoms with Gasteiger partial charge in [0.2, 0.25) is 0 Å². The zero-order valence-electron chi connectivity index (χ0n) is 12.1. The van der Waals surface area contributed by atoms with E-state index >= 15 is 0 Å². The molecular formula is C13H21N3O3. The molecule has 1 aromatic heterocycles. The van der Waals surface area contributed by atoms with Gasteiger partial charge in [0.1, 0.15) is 11.7 Å². The smallest absolute Gasteiger partial charge is 0.328 e. The van der Waals surface area contributed by atoms with E-state index in [1.807, 2.05) is 13.8 Å². The summed E-state index contributed by atoms with van der Waals surface area (Å²) in [5.74, 6) is -0.707. The van der Waals surface area contributed by atoms with Crippen LogP contribution in [0.5, 0.6) is 0 Å². The second kappa shape index (κ2) is 6.36. The van der Waals surface area contributed by atoms with E-state index in [1.54, 1.807) is 37.8 Å². The van der Waals surface area contributed by atoms with Crippen molar-refractivity contribution in [1.29, 1.82) is 0 Å². The molecule has 6 heteroatoms. The summed E-state index contributed by atoms with van der Waals surface area (Å²) in [6, 6.07) is 1.21. The molecule has 0 aliphatic carbocycles. The summed E-state index contributed by atoms with van der Waals surface area (Å²) in [4.78, 5) is 25.1. The first-order chi connectivity index (χ1) is 8.88. The van der Waals surface area contributed by atoms with Crippen LogP contribution in [0.2, 0.25) is 0 Å². The van der Waals surface area contributed by atoms with E-state index in [2.05, 4.69) is 5.10 Å². The largest absolute Gasteiger partial charge is 0.464 e. The molecule has 19 heavy (non-hydrogen) atoms. The van der Waals surface area contributed by atoms with Crippen molar-refractivity contribution in [3.63, 3.8) is 0 Å². The van der Waals surface area contributed by atoms with E-state index in [4.69, 9.17) is 4.74 Å². The summed E-state index contributed by atoms with van der Waals surface area (Å²) in [6.07, 6.45) is 1.75. The van der Waals surface area contributed by atoms with Gasteiger partial charge in [0.15, 0.2) is 0 Å². The van der Waals surface area contributed by atoms with Crippen LogP contribution in [-0.2, 0) is 9.53 Å². The fourth-order valence-corrected chi connectivity index (χ4v) is 1.52. The van der Waals surface area contributed by atoms with E-state index < -0.39 is 12.0 Å². The summed E-state index contributed by atoms with van der Waals surface area (Å²) < 4.78 is 6.60. The Bertz CT molecular complexity index is 454. The van der Waals surface area contributed by atoms with Crippen molar-refractivity contribution in [3.05, 3.63) is 18.0 Å². The van der Waals surface area contributed by atoms with Crippen molar-refractivity contribution in [2.75, 3.05) is 13.7 Å². The van der Waals surface area contributed by atoms with Crippen molar-refractivity contribution >= 4 is 11.9 Å². The quantitative estimate of drug-likeness (QED) is 0.758. The molecule has 0 radical (unpaired) electrons. The molecule has 0 bridgehead atoms. The lowest BCUT2D eigenvalue weighted by molar-refractivity contribution is -0.147. The van der Waals surface area contributed by atoms with Crippen LogP contribution in [0.15, 0.2) is 12.3 Å². The second-order valence-corrected chi connectivity index (χ2v) is 4.62. The molecule has 0 saturated carbocycles.